The highest BCUT2D eigenvalue weighted by Crippen LogP contribution is 2.28. The first kappa shape index (κ1) is 10.5. The number of hydrogen-bond acceptors (Lipinski definition) is 3. The van der Waals surface area contributed by atoms with Gasteiger partial charge in [-0.1, -0.05) is 30.3 Å². The van der Waals surface area contributed by atoms with Crippen molar-refractivity contribution in [2.75, 3.05) is 11.5 Å². The van der Waals surface area contributed by atoms with Crippen molar-refractivity contribution in [1.29, 1.82) is 0 Å². The number of benzene rings is 2. The van der Waals surface area contributed by atoms with E-state index in [0.717, 1.165) is 22.4 Å². The zero-order valence-corrected chi connectivity index (χ0v) is 8.98. The van der Waals surface area contributed by atoms with Gasteiger partial charge in [-0.25, -0.2) is 0 Å². The van der Waals surface area contributed by atoms with Crippen LogP contribution in [0.4, 0.5) is 11.4 Å². The lowest BCUT2D eigenvalue weighted by atomic mass is 10.0. The highest BCUT2D eigenvalue weighted by atomic mass is 14.6. The van der Waals surface area contributed by atoms with Crippen molar-refractivity contribution in [2.24, 2.45) is 5.73 Å². The largest absolute Gasteiger partial charge is 0.398 e. The van der Waals surface area contributed by atoms with Gasteiger partial charge in [-0.2, -0.15) is 0 Å². The van der Waals surface area contributed by atoms with E-state index in [1.807, 2.05) is 42.5 Å². The molecule has 82 valence electrons. The Morgan fingerprint density at radius 2 is 1.62 bits per heavy atom. The molecule has 0 amide bonds. The number of nitrogens with two attached hydrogens (primary N) is 3. The SMILES string of the molecule is NCc1ccc(-c2ccccc2N)cc1N. The first-order chi connectivity index (χ1) is 7.72. The molecule has 0 aliphatic carbocycles. The Hall–Kier alpha value is -2.00. The van der Waals surface area contributed by atoms with Crippen molar-refractivity contribution >= 4 is 11.4 Å². The summed E-state index contributed by atoms with van der Waals surface area (Å²) in [5.41, 5.74) is 21.8. The maximum Gasteiger partial charge on any atom is 0.0393 e. The lowest BCUT2D eigenvalue weighted by molar-refractivity contribution is 1.08. The van der Waals surface area contributed by atoms with Crippen molar-refractivity contribution in [2.45, 2.75) is 6.54 Å². The van der Waals surface area contributed by atoms with Gasteiger partial charge in [0.25, 0.3) is 0 Å². The predicted octanol–water partition coefficient (Wildman–Crippen LogP) is 1.98. The fraction of sp³-hybridized carbons (Fsp3) is 0.0769. The summed E-state index contributed by atoms with van der Waals surface area (Å²) in [6, 6.07) is 13.6. The van der Waals surface area contributed by atoms with Crippen molar-refractivity contribution in [3.8, 4) is 11.1 Å². The Labute approximate surface area is 94.9 Å². The normalized spacial score (nSPS) is 10.3. The van der Waals surface area contributed by atoms with Gasteiger partial charge in [-0.15, -0.1) is 0 Å². The maximum atomic E-state index is 5.91. The zero-order valence-electron chi connectivity index (χ0n) is 8.98. The monoisotopic (exact) mass is 213 g/mol. The van der Waals surface area contributed by atoms with Gasteiger partial charge in [0.15, 0.2) is 0 Å². The standard InChI is InChI=1S/C13H15N3/c14-8-10-6-5-9(7-13(10)16)11-3-1-2-4-12(11)15/h1-7H,8,14-16H2. The molecule has 0 spiro atoms. The van der Waals surface area contributed by atoms with Crippen LogP contribution in [0, 0.1) is 0 Å². The number of anilines is 2. The average molecular weight is 213 g/mol. The van der Waals surface area contributed by atoms with Crippen LogP contribution in [0.25, 0.3) is 11.1 Å². The molecule has 16 heavy (non-hydrogen) atoms. The molecule has 0 radical (unpaired) electrons. The lowest BCUT2D eigenvalue weighted by Crippen LogP contribution is -2.01. The third kappa shape index (κ3) is 1.85. The Balaban J connectivity index is 2.50. The minimum atomic E-state index is 0.455. The summed E-state index contributed by atoms with van der Waals surface area (Å²) in [7, 11) is 0. The molecule has 0 saturated heterocycles. The van der Waals surface area contributed by atoms with Crippen LogP contribution in [0.5, 0.6) is 0 Å². The molecular formula is C13H15N3. The molecule has 3 nitrogen and oxygen atoms in total. The second-order valence-electron chi connectivity index (χ2n) is 3.70. The van der Waals surface area contributed by atoms with Crippen LogP contribution in [-0.4, -0.2) is 0 Å². The van der Waals surface area contributed by atoms with Gasteiger partial charge in [0.2, 0.25) is 0 Å². The van der Waals surface area contributed by atoms with E-state index in [4.69, 9.17) is 17.2 Å². The van der Waals surface area contributed by atoms with Crippen LogP contribution in [0.15, 0.2) is 42.5 Å². The second kappa shape index (κ2) is 4.24. The van der Waals surface area contributed by atoms with Gasteiger partial charge in [0.1, 0.15) is 0 Å². The maximum absolute atomic E-state index is 5.91. The quantitative estimate of drug-likeness (QED) is 0.667. The van der Waals surface area contributed by atoms with E-state index in [1.54, 1.807) is 0 Å². The van der Waals surface area contributed by atoms with Crippen molar-refractivity contribution in [1.82, 2.24) is 0 Å². The first-order valence-corrected chi connectivity index (χ1v) is 5.15. The summed E-state index contributed by atoms with van der Waals surface area (Å²) in [6.45, 7) is 0.455. The summed E-state index contributed by atoms with van der Waals surface area (Å²) < 4.78 is 0. The summed E-state index contributed by atoms with van der Waals surface area (Å²) in [6.07, 6.45) is 0. The molecule has 0 unspecified atom stereocenters. The van der Waals surface area contributed by atoms with Gasteiger partial charge >= 0.3 is 0 Å². The van der Waals surface area contributed by atoms with Crippen LogP contribution >= 0.6 is 0 Å². The summed E-state index contributed by atoms with van der Waals surface area (Å²) >= 11 is 0. The third-order valence-electron chi connectivity index (χ3n) is 2.64. The number of para-hydroxylation sites is 1. The molecule has 0 bridgehead atoms. The lowest BCUT2D eigenvalue weighted by Gasteiger charge is -2.08. The van der Waals surface area contributed by atoms with Crippen molar-refractivity contribution in [3.63, 3.8) is 0 Å². The summed E-state index contributed by atoms with van der Waals surface area (Å²) in [4.78, 5) is 0. The first-order valence-electron chi connectivity index (χ1n) is 5.15. The van der Waals surface area contributed by atoms with Crippen LogP contribution in [0.2, 0.25) is 0 Å². The molecule has 2 aromatic rings. The van der Waals surface area contributed by atoms with Crippen molar-refractivity contribution in [3.05, 3.63) is 48.0 Å². The molecule has 2 rings (SSSR count). The molecule has 0 saturated carbocycles. The van der Waals surface area contributed by atoms with Gasteiger partial charge in [0.05, 0.1) is 0 Å². The highest BCUT2D eigenvalue weighted by Gasteiger charge is 2.04. The average Bonchev–Trinajstić information content (AvgIpc) is 2.29. The smallest absolute Gasteiger partial charge is 0.0393 e. The molecule has 3 heteroatoms. The Morgan fingerprint density at radius 1 is 0.875 bits per heavy atom. The Morgan fingerprint density at radius 3 is 2.25 bits per heavy atom. The van der Waals surface area contributed by atoms with E-state index < -0.39 is 0 Å². The fourth-order valence-electron chi connectivity index (χ4n) is 1.71. The fourth-order valence-corrected chi connectivity index (χ4v) is 1.71. The van der Waals surface area contributed by atoms with Crippen LogP contribution in [-0.2, 0) is 6.54 Å². The highest BCUT2D eigenvalue weighted by molar-refractivity contribution is 5.78. The summed E-state index contributed by atoms with van der Waals surface area (Å²) in [5.74, 6) is 0. The van der Waals surface area contributed by atoms with Crippen molar-refractivity contribution < 1.29 is 0 Å². The van der Waals surface area contributed by atoms with E-state index in [1.165, 1.54) is 0 Å². The second-order valence-corrected chi connectivity index (χ2v) is 3.70. The topological polar surface area (TPSA) is 78.1 Å². The van der Waals surface area contributed by atoms with E-state index in [2.05, 4.69) is 0 Å². The molecule has 0 heterocycles. The van der Waals surface area contributed by atoms with E-state index in [9.17, 15) is 0 Å². The molecule has 0 fully saturated rings. The number of hydrogen-bond donors (Lipinski definition) is 3. The number of nitrogen functional groups attached to an aromatic ring is 2. The molecule has 0 aliphatic rings. The Bertz CT molecular complexity index is 506. The molecule has 0 aliphatic heterocycles. The van der Waals surface area contributed by atoms with E-state index in [-0.39, 0.29) is 0 Å². The number of rotatable bonds is 2. The molecular weight excluding hydrogens is 198 g/mol. The van der Waals surface area contributed by atoms with Crippen LogP contribution < -0.4 is 17.2 Å². The van der Waals surface area contributed by atoms with Gasteiger partial charge in [-0.05, 0) is 23.3 Å². The Kier molecular flexibility index (Phi) is 2.79. The minimum Gasteiger partial charge on any atom is -0.398 e. The van der Waals surface area contributed by atoms with Gasteiger partial charge in [-0.3, -0.25) is 0 Å². The van der Waals surface area contributed by atoms with E-state index >= 15 is 0 Å². The predicted molar refractivity (Wildman–Crippen MR) is 68.6 cm³/mol. The van der Waals surface area contributed by atoms with E-state index in [0.29, 0.717) is 12.2 Å². The van der Waals surface area contributed by atoms with Crippen LogP contribution in [0.1, 0.15) is 5.56 Å². The minimum absolute atomic E-state index is 0.455. The van der Waals surface area contributed by atoms with Gasteiger partial charge < -0.3 is 17.2 Å². The molecule has 0 aromatic heterocycles. The van der Waals surface area contributed by atoms with Gasteiger partial charge in [0, 0.05) is 23.5 Å². The molecule has 2 aromatic carbocycles. The summed E-state index contributed by atoms with van der Waals surface area (Å²) in [5, 5.41) is 0. The molecule has 6 N–H and O–H groups in total. The van der Waals surface area contributed by atoms with Crippen LogP contribution in [0.3, 0.4) is 0 Å². The zero-order chi connectivity index (χ0) is 11.5. The third-order valence-corrected chi connectivity index (χ3v) is 2.64. The molecule has 0 atom stereocenters.